The highest BCUT2D eigenvalue weighted by Gasteiger charge is 2.22. The van der Waals surface area contributed by atoms with Crippen molar-refractivity contribution in [3.63, 3.8) is 0 Å². The van der Waals surface area contributed by atoms with Crippen LogP contribution in [0.3, 0.4) is 0 Å². The molecule has 0 saturated heterocycles. The molecule has 75 heavy (non-hydrogen) atoms. The summed E-state index contributed by atoms with van der Waals surface area (Å²) in [5, 5.41) is 11.8. The summed E-state index contributed by atoms with van der Waals surface area (Å²) in [6.07, 6.45) is 76.3. The Hall–Kier alpha value is -4.57. The van der Waals surface area contributed by atoms with Crippen LogP contribution in [-0.2, 0) is 33.3 Å². The summed E-state index contributed by atoms with van der Waals surface area (Å²) in [5.74, 6) is -2.32. The summed E-state index contributed by atoms with van der Waals surface area (Å²) in [6, 6.07) is 0. The van der Waals surface area contributed by atoms with Crippen LogP contribution < -0.4 is 5.11 Å². The van der Waals surface area contributed by atoms with Crippen molar-refractivity contribution in [1.82, 2.24) is 0 Å². The van der Waals surface area contributed by atoms with E-state index in [0.717, 1.165) is 128 Å². The average molecular weight is 1040 g/mol. The van der Waals surface area contributed by atoms with Crippen molar-refractivity contribution in [3.05, 3.63) is 134 Å². The average Bonchev–Trinajstić information content (AvgIpc) is 3.38. The molecule has 0 bridgehead atoms. The van der Waals surface area contributed by atoms with E-state index in [9.17, 15) is 19.5 Å². The zero-order valence-corrected chi connectivity index (χ0v) is 48.1. The van der Waals surface area contributed by atoms with Gasteiger partial charge in [-0.05, 0) is 109 Å². The van der Waals surface area contributed by atoms with Crippen molar-refractivity contribution in [3.8, 4) is 0 Å². The summed E-state index contributed by atoms with van der Waals surface area (Å²) >= 11 is 0. The molecule has 9 heteroatoms. The highest BCUT2D eigenvalue weighted by molar-refractivity contribution is 5.70. The zero-order chi connectivity index (χ0) is 54.8. The fourth-order valence-electron chi connectivity index (χ4n) is 7.45. The molecule has 9 nitrogen and oxygen atoms in total. The molecule has 0 saturated carbocycles. The highest BCUT2D eigenvalue weighted by Crippen LogP contribution is 2.14. The maximum atomic E-state index is 12.9. The number of aliphatic carboxylic acids is 1. The number of ether oxygens (including phenoxy) is 4. The number of quaternary nitrogens is 1. The van der Waals surface area contributed by atoms with Gasteiger partial charge in [0.2, 0.25) is 0 Å². The number of likely N-dealkylation sites (N-methyl/N-ethyl adjacent to an activating group) is 1. The molecule has 0 radical (unpaired) electrons. The van der Waals surface area contributed by atoms with Gasteiger partial charge in [0.05, 0.1) is 40.3 Å². The smallest absolute Gasteiger partial charge is 0.306 e. The van der Waals surface area contributed by atoms with Crippen molar-refractivity contribution in [2.45, 2.75) is 219 Å². The fourth-order valence-corrected chi connectivity index (χ4v) is 7.45. The predicted molar refractivity (Wildman–Crippen MR) is 315 cm³/mol. The van der Waals surface area contributed by atoms with Crippen molar-refractivity contribution in [1.29, 1.82) is 0 Å². The summed E-state index contributed by atoms with van der Waals surface area (Å²) in [4.78, 5) is 37.3. The molecule has 0 aromatic heterocycles. The van der Waals surface area contributed by atoms with Gasteiger partial charge in [-0.15, -0.1) is 0 Å². The lowest BCUT2D eigenvalue weighted by Gasteiger charge is -2.26. The SMILES string of the molecule is CC/C=C\C/C=C\C/C=C\C/C=C\C/C=C\C/C=C\CCCCCCCCCCC(=O)OC(COC(=O)CCCCCCCCC/C=C\C/C=C\C/C=C\C/C=C\C/C=C\CC)COC(OCC[N+](C)(C)C)C(=O)[O-]. The number of allylic oxidation sites excluding steroid dienone is 22. The maximum Gasteiger partial charge on any atom is 0.306 e. The molecule has 0 heterocycles. The van der Waals surface area contributed by atoms with Gasteiger partial charge in [0.25, 0.3) is 0 Å². The second kappa shape index (κ2) is 55.7. The molecule has 0 fully saturated rings. The van der Waals surface area contributed by atoms with Crippen LogP contribution in [0.15, 0.2) is 134 Å². The number of unbranched alkanes of at least 4 members (excludes halogenated alkanes) is 15. The minimum atomic E-state index is -1.64. The second-order valence-corrected chi connectivity index (χ2v) is 20.2. The van der Waals surface area contributed by atoms with Crippen LogP contribution in [0.4, 0.5) is 0 Å². The number of hydrogen-bond donors (Lipinski definition) is 0. The summed E-state index contributed by atoms with van der Waals surface area (Å²) in [6.45, 7) is 4.48. The topological polar surface area (TPSA) is 111 Å². The molecule has 0 aliphatic rings. The zero-order valence-electron chi connectivity index (χ0n) is 48.1. The lowest BCUT2D eigenvalue weighted by Crippen LogP contribution is -2.44. The Labute approximate surface area is 459 Å². The number of esters is 2. The lowest BCUT2D eigenvalue weighted by molar-refractivity contribution is -0.870. The third kappa shape index (κ3) is 57.0. The van der Waals surface area contributed by atoms with E-state index in [-0.39, 0.29) is 38.6 Å². The third-order valence-electron chi connectivity index (χ3n) is 11.9. The lowest BCUT2D eigenvalue weighted by atomic mass is 10.1. The minimum Gasteiger partial charge on any atom is -0.545 e. The van der Waals surface area contributed by atoms with Crippen molar-refractivity contribution >= 4 is 17.9 Å². The highest BCUT2D eigenvalue weighted by atomic mass is 16.7. The number of carboxylic acids is 1. The van der Waals surface area contributed by atoms with Gasteiger partial charge in [0.1, 0.15) is 13.2 Å². The fraction of sp³-hybridized carbons (Fsp3) is 0.621. The van der Waals surface area contributed by atoms with E-state index in [1.54, 1.807) is 0 Å². The minimum absolute atomic E-state index is 0.136. The Kier molecular flexibility index (Phi) is 52.3. The van der Waals surface area contributed by atoms with Crippen LogP contribution in [0.1, 0.15) is 206 Å². The Morgan fingerprint density at radius 1 is 0.400 bits per heavy atom. The van der Waals surface area contributed by atoms with Gasteiger partial charge in [0.15, 0.2) is 12.4 Å². The van der Waals surface area contributed by atoms with Gasteiger partial charge < -0.3 is 33.3 Å². The van der Waals surface area contributed by atoms with Crippen LogP contribution >= 0.6 is 0 Å². The van der Waals surface area contributed by atoms with E-state index in [2.05, 4.69) is 148 Å². The first-order valence-electron chi connectivity index (χ1n) is 29.3. The molecule has 2 unspecified atom stereocenters. The number of carbonyl (C=O) groups excluding carboxylic acids is 3. The summed E-state index contributed by atoms with van der Waals surface area (Å²) in [5.41, 5.74) is 0. The van der Waals surface area contributed by atoms with E-state index < -0.39 is 24.3 Å². The molecular weight excluding hydrogens is 935 g/mol. The Balaban J connectivity index is 4.33. The van der Waals surface area contributed by atoms with E-state index >= 15 is 0 Å². The quantitative estimate of drug-likeness (QED) is 0.0195. The van der Waals surface area contributed by atoms with Crippen LogP contribution in [0.2, 0.25) is 0 Å². The Bertz CT molecular complexity index is 1690. The molecule has 0 aliphatic carbocycles. The normalized spacial score (nSPS) is 13.8. The molecular formula is C66H107NO8. The first-order valence-corrected chi connectivity index (χ1v) is 29.3. The van der Waals surface area contributed by atoms with Crippen LogP contribution in [0.5, 0.6) is 0 Å². The van der Waals surface area contributed by atoms with Crippen molar-refractivity contribution < 1.29 is 42.9 Å². The van der Waals surface area contributed by atoms with Crippen LogP contribution in [-0.4, -0.2) is 82.3 Å². The van der Waals surface area contributed by atoms with Gasteiger partial charge in [-0.25, -0.2) is 0 Å². The number of carbonyl (C=O) groups is 3. The van der Waals surface area contributed by atoms with Gasteiger partial charge >= 0.3 is 11.9 Å². The van der Waals surface area contributed by atoms with E-state index in [4.69, 9.17) is 18.9 Å². The molecule has 0 amide bonds. The number of nitrogens with zero attached hydrogens (tertiary/aromatic N) is 1. The first kappa shape index (κ1) is 70.4. The van der Waals surface area contributed by atoms with E-state index in [1.165, 1.54) is 44.9 Å². The molecule has 0 aromatic carbocycles. The molecule has 0 aliphatic heterocycles. The second-order valence-electron chi connectivity index (χ2n) is 20.2. The summed E-state index contributed by atoms with van der Waals surface area (Å²) in [7, 11) is 5.90. The van der Waals surface area contributed by atoms with Gasteiger partial charge in [0, 0.05) is 12.8 Å². The maximum absolute atomic E-state index is 12.9. The molecule has 0 N–H and O–H groups in total. The van der Waals surface area contributed by atoms with Crippen molar-refractivity contribution in [2.24, 2.45) is 0 Å². The largest absolute Gasteiger partial charge is 0.545 e. The van der Waals surface area contributed by atoms with E-state index in [0.29, 0.717) is 17.4 Å². The number of hydrogen-bond acceptors (Lipinski definition) is 8. The van der Waals surface area contributed by atoms with Crippen molar-refractivity contribution in [2.75, 3.05) is 47.5 Å². The van der Waals surface area contributed by atoms with Gasteiger partial charge in [-0.1, -0.05) is 218 Å². The first-order chi connectivity index (χ1) is 36.6. The Morgan fingerprint density at radius 2 is 0.720 bits per heavy atom. The van der Waals surface area contributed by atoms with Gasteiger partial charge in [-0.3, -0.25) is 9.59 Å². The standard InChI is InChI=1S/C66H107NO8/c1-6-8-10-12-14-16-18-20-22-24-26-28-30-31-32-33-35-37-39-41-43-45-47-49-51-53-55-57-64(69)75-62(61-74-66(65(70)71)72-59-58-67(3,4)5)60-73-63(68)56-54-52-50-48-46-44-42-40-38-36-34-29-27-25-23-21-19-17-15-13-11-9-7-2/h8-11,14-17,20-23,26-29,31-32,35-38,62,66H,6-7,12-13,18-19,24-25,30,33-34,39-61H2,1-5H3/b10-8-,11-9-,16-14-,17-15-,22-20-,23-21-,28-26-,29-27-,32-31-,37-35-,38-36-. The predicted octanol–water partition coefficient (Wildman–Crippen LogP) is 16.1. The monoisotopic (exact) mass is 1040 g/mol. The molecule has 2 atom stereocenters. The third-order valence-corrected chi connectivity index (χ3v) is 11.9. The van der Waals surface area contributed by atoms with Crippen LogP contribution in [0.25, 0.3) is 0 Å². The van der Waals surface area contributed by atoms with Crippen LogP contribution in [0, 0.1) is 0 Å². The van der Waals surface area contributed by atoms with Gasteiger partial charge in [-0.2, -0.15) is 0 Å². The van der Waals surface area contributed by atoms with E-state index in [1.807, 2.05) is 21.1 Å². The molecule has 0 spiro atoms. The molecule has 0 rings (SSSR count). The number of carboxylic acid groups (broad SMARTS) is 1. The Morgan fingerprint density at radius 3 is 1.07 bits per heavy atom. The number of rotatable bonds is 52. The summed E-state index contributed by atoms with van der Waals surface area (Å²) < 4.78 is 22.7. The molecule has 0 aromatic rings. The molecule has 424 valence electrons.